The molecule has 0 aliphatic heterocycles. The van der Waals surface area contributed by atoms with Gasteiger partial charge in [-0.15, -0.1) is 0 Å². The van der Waals surface area contributed by atoms with Crippen LogP contribution in [0.1, 0.15) is 23.1 Å². The van der Waals surface area contributed by atoms with Crippen molar-refractivity contribution in [3.05, 3.63) is 65.5 Å². The number of carbonyl (C=O) groups is 1. The average Bonchev–Trinajstić information content (AvgIpc) is 2.94. The van der Waals surface area contributed by atoms with Crippen LogP contribution >= 0.6 is 0 Å². The Kier molecular flexibility index (Phi) is 4.39. The first kappa shape index (κ1) is 15.2. The molecule has 0 spiro atoms. The third-order valence-corrected chi connectivity index (χ3v) is 3.71. The molecule has 2 aromatic carbocycles. The van der Waals surface area contributed by atoms with Crippen molar-refractivity contribution in [1.82, 2.24) is 15.3 Å². The van der Waals surface area contributed by atoms with Crippen molar-refractivity contribution in [3.8, 4) is 0 Å². The molecule has 1 atom stereocenters. The summed E-state index contributed by atoms with van der Waals surface area (Å²) in [5.41, 5.74) is 3.75. The maximum Gasteiger partial charge on any atom is 0.254 e. The zero-order valence-electron chi connectivity index (χ0n) is 13.2. The smallest absolute Gasteiger partial charge is 0.254 e. The number of aromatic amines is 1. The van der Waals surface area contributed by atoms with E-state index in [0.717, 1.165) is 28.0 Å². The Bertz CT molecular complexity index is 812. The van der Waals surface area contributed by atoms with Crippen LogP contribution < -0.4 is 5.32 Å². The maximum absolute atomic E-state index is 12.4. The second-order valence-corrected chi connectivity index (χ2v) is 5.42. The quantitative estimate of drug-likeness (QED) is 0.761. The topological polar surface area (TPSA) is 67.0 Å². The van der Waals surface area contributed by atoms with Crippen molar-refractivity contribution in [2.75, 3.05) is 7.11 Å². The number of rotatable bonds is 5. The lowest BCUT2D eigenvalue weighted by atomic mass is 10.1. The lowest BCUT2D eigenvalue weighted by Gasteiger charge is -2.15. The minimum absolute atomic E-state index is 0.153. The Balaban J connectivity index is 1.69. The van der Waals surface area contributed by atoms with Gasteiger partial charge in [-0.2, -0.15) is 0 Å². The highest BCUT2D eigenvalue weighted by Gasteiger charge is 2.19. The van der Waals surface area contributed by atoms with E-state index in [1.807, 2.05) is 55.5 Å². The summed E-state index contributed by atoms with van der Waals surface area (Å²) in [5, 5.41) is 2.92. The SMILES string of the molecule is CO[C@@H](C(=O)NCc1ccc2nc(C)[nH]c2c1)c1ccccc1. The monoisotopic (exact) mass is 309 g/mol. The first-order valence-electron chi connectivity index (χ1n) is 7.48. The minimum Gasteiger partial charge on any atom is -0.367 e. The number of fused-ring (bicyclic) bond motifs is 1. The fourth-order valence-electron chi connectivity index (χ4n) is 2.60. The molecule has 1 heterocycles. The van der Waals surface area contributed by atoms with Crippen molar-refractivity contribution >= 4 is 16.9 Å². The van der Waals surface area contributed by atoms with Gasteiger partial charge in [0.2, 0.25) is 0 Å². The number of amides is 1. The highest BCUT2D eigenvalue weighted by atomic mass is 16.5. The Morgan fingerprint density at radius 2 is 2.04 bits per heavy atom. The third-order valence-electron chi connectivity index (χ3n) is 3.71. The van der Waals surface area contributed by atoms with E-state index in [2.05, 4.69) is 15.3 Å². The average molecular weight is 309 g/mol. The van der Waals surface area contributed by atoms with Gasteiger partial charge in [0, 0.05) is 13.7 Å². The molecule has 0 aliphatic carbocycles. The molecule has 1 amide bonds. The van der Waals surface area contributed by atoms with Crippen molar-refractivity contribution in [2.24, 2.45) is 0 Å². The molecular formula is C18H19N3O2. The molecule has 1 aromatic heterocycles. The molecule has 0 radical (unpaired) electrons. The third kappa shape index (κ3) is 3.40. The zero-order chi connectivity index (χ0) is 16.2. The molecule has 0 saturated carbocycles. The summed E-state index contributed by atoms with van der Waals surface area (Å²) >= 11 is 0. The van der Waals surface area contributed by atoms with Gasteiger partial charge in [0.1, 0.15) is 5.82 Å². The number of imidazole rings is 1. The molecule has 3 aromatic rings. The number of hydrogen-bond acceptors (Lipinski definition) is 3. The van der Waals surface area contributed by atoms with Crippen molar-refractivity contribution < 1.29 is 9.53 Å². The van der Waals surface area contributed by atoms with Crippen LogP contribution in [0.4, 0.5) is 0 Å². The molecule has 0 bridgehead atoms. The van der Waals surface area contributed by atoms with E-state index in [-0.39, 0.29) is 5.91 Å². The van der Waals surface area contributed by atoms with Gasteiger partial charge < -0.3 is 15.0 Å². The van der Waals surface area contributed by atoms with Crippen LogP contribution in [-0.2, 0) is 16.1 Å². The molecule has 3 rings (SSSR count). The Morgan fingerprint density at radius 1 is 1.26 bits per heavy atom. The summed E-state index contributed by atoms with van der Waals surface area (Å²) in [6.45, 7) is 2.37. The number of nitrogens with zero attached hydrogens (tertiary/aromatic N) is 1. The largest absolute Gasteiger partial charge is 0.367 e. The van der Waals surface area contributed by atoms with Gasteiger partial charge in [-0.25, -0.2) is 4.98 Å². The zero-order valence-corrected chi connectivity index (χ0v) is 13.2. The molecule has 5 nitrogen and oxygen atoms in total. The van der Waals surface area contributed by atoms with E-state index in [4.69, 9.17) is 4.74 Å². The number of carbonyl (C=O) groups excluding carboxylic acids is 1. The molecule has 0 unspecified atom stereocenters. The summed E-state index contributed by atoms with van der Waals surface area (Å²) in [5.74, 6) is 0.726. The predicted octanol–water partition coefficient (Wildman–Crippen LogP) is 2.88. The molecule has 0 aliphatic rings. The fraction of sp³-hybridized carbons (Fsp3) is 0.222. The van der Waals surface area contributed by atoms with E-state index in [1.54, 1.807) is 0 Å². The Morgan fingerprint density at radius 3 is 2.78 bits per heavy atom. The number of aromatic nitrogens is 2. The van der Waals surface area contributed by atoms with Crippen LogP contribution in [0.25, 0.3) is 11.0 Å². The van der Waals surface area contributed by atoms with E-state index < -0.39 is 6.10 Å². The van der Waals surface area contributed by atoms with Crippen LogP contribution in [0.2, 0.25) is 0 Å². The summed E-state index contributed by atoms with van der Waals surface area (Å²) in [6, 6.07) is 15.4. The predicted molar refractivity (Wildman–Crippen MR) is 88.9 cm³/mol. The molecule has 118 valence electrons. The summed E-state index contributed by atoms with van der Waals surface area (Å²) in [6.07, 6.45) is -0.602. The number of H-pyrrole nitrogens is 1. The number of aryl methyl sites for hydroxylation is 1. The van der Waals surface area contributed by atoms with Crippen LogP contribution in [0.15, 0.2) is 48.5 Å². The molecule has 0 fully saturated rings. The van der Waals surface area contributed by atoms with Crippen molar-refractivity contribution in [1.29, 1.82) is 0 Å². The standard InChI is InChI=1S/C18H19N3O2/c1-12-20-15-9-8-13(10-16(15)21-12)11-19-18(22)17(23-2)14-6-4-3-5-7-14/h3-10,17H,11H2,1-2H3,(H,19,22)(H,20,21)/t17-/m1/s1. The van der Waals surface area contributed by atoms with Crippen LogP contribution in [0.5, 0.6) is 0 Å². The number of ether oxygens (including phenoxy) is 1. The van der Waals surface area contributed by atoms with Gasteiger partial charge >= 0.3 is 0 Å². The highest BCUT2D eigenvalue weighted by molar-refractivity contribution is 5.82. The summed E-state index contributed by atoms with van der Waals surface area (Å²) in [4.78, 5) is 19.9. The summed E-state index contributed by atoms with van der Waals surface area (Å²) < 4.78 is 5.33. The van der Waals surface area contributed by atoms with Crippen molar-refractivity contribution in [2.45, 2.75) is 19.6 Å². The Labute approximate surface area is 134 Å². The van der Waals surface area contributed by atoms with Crippen molar-refractivity contribution in [3.63, 3.8) is 0 Å². The lowest BCUT2D eigenvalue weighted by molar-refractivity contribution is -0.131. The lowest BCUT2D eigenvalue weighted by Crippen LogP contribution is -2.29. The number of benzene rings is 2. The van der Waals surface area contributed by atoms with Crippen LogP contribution in [0, 0.1) is 6.92 Å². The van der Waals surface area contributed by atoms with Crippen LogP contribution in [-0.4, -0.2) is 23.0 Å². The van der Waals surface area contributed by atoms with Gasteiger partial charge in [-0.1, -0.05) is 36.4 Å². The number of methoxy groups -OCH3 is 1. The van der Waals surface area contributed by atoms with Gasteiger partial charge in [0.25, 0.3) is 5.91 Å². The van der Waals surface area contributed by atoms with Gasteiger partial charge in [0.05, 0.1) is 11.0 Å². The highest BCUT2D eigenvalue weighted by Crippen LogP contribution is 2.17. The minimum atomic E-state index is -0.602. The summed E-state index contributed by atoms with van der Waals surface area (Å²) in [7, 11) is 1.54. The number of nitrogens with one attached hydrogen (secondary N) is 2. The van der Waals surface area contributed by atoms with E-state index in [0.29, 0.717) is 6.54 Å². The molecule has 23 heavy (non-hydrogen) atoms. The molecule has 0 saturated heterocycles. The van der Waals surface area contributed by atoms with E-state index >= 15 is 0 Å². The van der Waals surface area contributed by atoms with Gasteiger partial charge in [-0.3, -0.25) is 4.79 Å². The maximum atomic E-state index is 12.4. The molecule has 2 N–H and O–H groups in total. The number of hydrogen-bond donors (Lipinski definition) is 2. The molecule has 5 heteroatoms. The Hall–Kier alpha value is -2.66. The molecular weight excluding hydrogens is 290 g/mol. The van der Waals surface area contributed by atoms with E-state index in [1.165, 1.54) is 7.11 Å². The normalized spacial score (nSPS) is 12.3. The van der Waals surface area contributed by atoms with Gasteiger partial charge in [-0.05, 0) is 30.2 Å². The second kappa shape index (κ2) is 6.62. The van der Waals surface area contributed by atoms with E-state index in [9.17, 15) is 4.79 Å². The fourth-order valence-corrected chi connectivity index (χ4v) is 2.60. The van der Waals surface area contributed by atoms with Gasteiger partial charge in [0.15, 0.2) is 6.10 Å². The second-order valence-electron chi connectivity index (χ2n) is 5.42. The van der Waals surface area contributed by atoms with Crippen LogP contribution in [0.3, 0.4) is 0 Å². The first-order chi connectivity index (χ1) is 11.2. The first-order valence-corrected chi connectivity index (χ1v) is 7.48.